The second-order valence-corrected chi connectivity index (χ2v) is 4.94. The summed E-state index contributed by atoms with van der Waals surface area (Å²) in [6.07, 6.45) is 0. The summed E-state index contributed by atoms with van der Waals surface area (Å²) in [6.45, 7) is 1.63. The van der Waals surface area contributed by atoms with Gasteiger partial charge in [-0.05, 0) is 36.4 Å². The highest BCUT2D eigenvalue weighted by atomic mass is 35.5. The fourth-order valence-electron chi connectivity index (χ4n) is 1.81. The van der Waals surface area contributed by atoms with Crippen LogP contribution in [0.1, 0.15) is 12.5 Å². The van der Waals surface area contributed by atoms with E-state index in [-0.39, 0.29) is 17.3 Å². The molecule has 110 valence electrons. The summed E-state index contributed by atoms with van der Waals surface area (Å²) in [5.74, 6) is -0.740. The first kappa shape index (κ1) is 15.1. The van der Waals surface area contributed by atoms with Crippen LogP contribution in [0.25, 0.3) is 0 Å². The number of carbonyl (C=O) groups is 1. The number of halogens is 2. The maximum Gasteiger partial charge on any atom is 0.221 e. The Morgan fingerprint density at radius 3 is 2.76 bits per heavy atom. The number of phenols is 1. The van der Waals surface area contributed by atoms with Crippen molar-refractivity contribution in [2.24, 2.45) is 0 Å². The van der Waals surface area contributed by atoms with Crippen molar-refractivity contribution in [3.8, 4) is 5.75 Å². The van der Waals surface area contributed by atoms with Gasteiger partial charge in [-0.2, -0.15) is 0 Å². The van der Waals surface area contributed by atoms with E-state index in [0.29, 0.717) is 22.8 Å². The predicted molar refractivity (Wildman–Crippen MR) is 81.1 cm³/mol. The minimum atomic E-state index is -0.513. The van der Waals surface area contributed by atoms with Crippen LogP contribution in [0.4, 0.5) is 15.8 Å². The molecule has 0 fully saturated rings. The number of hydrogen-bond donors (Lipinski definition) is 3. The van der Waals surface area contributed by atoms with Crippen molar-refractivity contribution in [3.05, 3.63) is 52.8 Å². The molecule has 0 saturated heterocycles. The molecule has 0 spiro atoms. The highest BCUT2D eigenvalue weighted by Gasteiger charge is 2.06. The molecule has 0 aliphatic carbocycles. The molecule has 2 aromatic rings. The maximum absolute atomic E-state index is 13.5. The van der Waals surface area contributed by atoms with E-state index in [4.69, 9.17) is 11.6 Å². The molecule has 0 heterocycles. The minimum Gasteiger partial charge on any atom is -0.508 e. The number of amides is 1. The molecule has 6 heteroatoms. The number of nitrogens with one attached hydrogen (secondary N) is 2. The lowest BCUT2D eigenvalue weighted by atomic mass is 10.2. The van der Waals surface area contributed by atoms with Gasteiger partial charge >= 0.3 is 0 Å². The van der Waals surface area contributed by atoms with Gasteiger partial charge in [0, 0.05) is 29.7 Å². The Labute approximate surface area is 126 Å². The number of benzene rings is 2. The standard InChI is InChI=1S/C15H14ClFN2O2/c1-9(20)19-14-7-12(3-4-13(14)17)18-8-10-6-11(16)2-5-15(10)21/h2-7,18,21H,8H2,1H3,(H,19,20). The maximum atomic E-state index is 13.5. The quantitative estimate of drug-likeness (QED) is 0.806. The zero-order chi connectivity index (χ0) is 15.4. The fraction of sp³-hybridized carbons (Fsp3) is 0.133. The first-order chi connectivity index (χ1) is 9.95. The van der Waals surface area contributed by atoms with Crippen LogP contribution in [0, 0.1) is 5.82 Å². The third-order valence-corrected chi connectivity index (χ3v) is 3.04. The lowest BCUT2D eigenvalue weighted by molar-refractivity contribution is -0.114. The third kappa shape index (κ3) is 4.10. The van der Waals surface area contributed by atoms with E-state index < -0.39 is 5.82 Å². The van der Waals surface area contributed by atoms with Crippen molar-refractivity contribution >= 4 is 28.9 Å². The molecule has 0 atom stereocenters. The summed E-state index contributed by atoms with van der Waals surface area (Å²) < 4.78 is 13.5. The van der Waals surface area contributed by atoms with E-state index in [2.05, 4.69) is 10.6 Å². The summed E-state index contributed by atoms with van der Waals surface area (Å²) in [7, 11) is 0. The van der Waals surface area contributed by atoms with Crippen LogP contribution >= 0.6 is 11.6 Å². The lowest BCUT2D eigenvalue weighted by Crippen LogP contribution is -2.08. The van der Waals surface area contributed by atoms with Gasteiger partial charge in [0.25, 0.3) is 0 Å². The molecule has 0 aliphatic heterocycles. The van der Waals surface area contributed by atoms with E-state index in [1.165, 1.54) is 25.1 Å². The van der Waals surface area contributed by atoms with E-state index in [0.717, 1.165) is 0 Å². The monoisotopic (exact) mass is 308 g/mol. The molecule has 0 aromatic heterocycles. The van der Waals surface area contributed by atoms with E-state index in [9.17, 15) is 14.3 Å². The lowest BCUT2D eigenvalue weighted by Gasteiger charge is -2.11. The second kappa shape index (κ2) is 6.45. The smallest absolute Gasteiger partial charge is 0.221 e. The predicted octanol–water partition coefficient (Wildman–Crippen LogP) is 3.76. The Bertz CT molecular complexity index is 677. The number of carbonyl (C=O) groups excluding carboxylic acids is 1. The summed E-state index contributed by atoms with van der Waals surface area (Å²) >= 11 is 5.87. The topological polar surface area (TPSA) is 61.4 Å². The number of hydrogen-bond acceptors (Lipinski definition) is 3. The third-order valence-electron chi connectivity index (χ3n) is 2.80. The van der Waals surface area contributed by atoms with Gasteiger partial charge in [-0.3, -0.25) is 4.79 Å². The average Bonchev–Trinajstić information content (AvgIpc) is 2.42. The van der Waals surface area contributed by atoms with Crippen molar-refractivity contribution in [1.29, 1.82) is 0 Å². The molecule has 21 heavy (non-hydrogen) atoms. The normalized spacial score (nSPS) is 10.2. The van der Waals surface area contributed by atoms with Crippen molar-refractivity contribution in [3.63, 3.8) is 0 Å². The van der Waals surface area contributed by atoms with Gasteiger partial charge in [-0.15, -0.1) is 0 Å². The van der Waals surface area contributed by atoms with Crippen molar-refractivity contribution < 1.29 is 14.3 Å². The summed E-state index contributed by atoms with van der Waals surface area (Å²) in [4.78, 5) is 11.0. The molecule has 0 saturated carbocycles. The Balaban J connectivity index is 2.13. The zero-order valence-electron chi connectivity index (χ0n) is 11.3. The van der Waals surface area contributed by atoms with E-state index in [1.807, 2.05) is 0 Å². The van der Waals surface area contributed by atoms with Gasteiger partial charge in [-0.25, -0.2) is 4.39 Å². The number of aromatic hydroxyl groups is 1. The molecule has 2 aromatic carbocycles. The van der Waals surface area contributed by atoms with Gasteiger partial charge < -0.3 is 15.7 Å². The Morgan fingerprint density at radius 2 is 2.05 bits per heavy atom. The minimum absolute atomic E-state index is 0.0998. The molecule has 3 N–H and O–H groups in total. The first-order valence-electron chi connectivity index (χ1n) is 6.24. The van der Waals surface area contributed by atoms with E-state index >= 15 is 0 Å². The molecule has 4 nitrogen and oxygen atoms in total. The van der Waals surface area contributed by atoms with Gasteiger partial charge in [-0.1, -0.05) is 11.6 Å². The molecule has 2 rings (SSSR count). The zero-order valence-corrected chi connectivity index (χ0v) is 12.0. The van der Waals surface area contributed by atoms with Crippen molar-refractivity contribution in [2.75, 3.05) is 10.6 Å². The Hall–Kier alpha value is -2.27. The summed E-state index contributed by atoms with van der Waals surface area (Å²) in [5, 5.41) is 15.7. The largest absolute Gasteiger partial charge is 0.508 e. The molecule has 0 aliphatic rings. The highest BCUT2D eigenvalue weighted by Crippen LogP contribution is 2.24. The highest BCUT2D eigenvalue weighted by molar-refractivity contribution is 6.30. The van der Waals surface area contributed by atoms with Crippen molar-refractivity contribution in [2.45, 2.75) is 13.5 Å². The summed E-state index contributed by atoms with van der Waals surface area (Å²) in [6, 6.07) is 9.02. The van der Waals surface area contributed by atoms with Crippen molar-refractivity contribution in [1.82, 2.24) is 0 Å². The SMILES string of the molecule is CC(=O)Nc1cc(NCc2cc(Cl)ccc2O)ccc1F. The number of phenolic OH excluding ortho intramolecular Hbond substituents is 1. The second-order valence-electron chi connectivity index (χ2n) is 4.50. The van der Waals surface area contributed by atoms with Crippen LogP contribution in [0.2, 0.25) is 5.02 Å². The van der Waals surface area contributed by atoms with Crippen LogP contribution in [0.5, 0.6) is 5.75 Å². The molecule has 0 unspecified atom stereocenters. The first-order valence-corrected chi connectivity index (χ1v) is 6.62. The fourth-order valence-corrected chi connectivity index (χ4v) is 2.01. The summed E-state index contributed by atoms with van der Waals surface area (Å²) in [5.41, 5.74) is 1.33. The average molecular weight is 309 g/mol. The molecular formula is C15H14ClFN2O2. The van der Waals surface area contributed by atoms with Crippen LogP contribution in [-0.2, 0) is 11.3 Å². The van der Waals surface area contributed by atoms with Crippen LogP contribution in [0.15, 0.2) is 36.4 Å². The van der Waals surface area contributed by atoms with E-state index in [1.54, 1.807) is 18.2 Å². The van der Waals surface area contributed by atoms with Crippen LogP contribution in [-0.4, -0.2) is 11.0 Å². The molecule has 0 bridgehead atoms. The van der Waals surface area contributed by atoms with Crippen LogP contribution in [0.3, 0.4) is 0 Å². The number of rotatable bonds is 4. The van der Waals surface area contributed by atoms with Crippen LogP contribution < -0.4 is 10.6 Å². The molecule has 1 amide bonds. The van der Waals surface area contributed by atoms with Gasteiger partial charge in [0.1, 0.15) is 11.6 Å². The molecular weight excluding hydrogens is 295 g/mol. The van der Waals surface area contributed by atoms with Gasteiger partial charge in [0.05, 0.1) is 5.69 Å². The van der Waals surface area contributed by atoms with Gasteiger partial charge in [0.15, 0.2) is 0 Å². The van der Waals surface area contributed by atoms with Gasteiger partial charge in [0.2, 0.25) is 5.91 Å². The Morgan fingerprint density at radius 1 is 1.29 bits per heavy atom. The Kier molecular flexibility index (Phi) is 4.65. The molecule has 0 radical (unpaired) electrons. The number of anilines is 2.